The average molecular weight is 527 g/mol. The van der Waals surface area contributed by atoms with Gasteiger partial charge in [0.2, 0.25) is 10.0 Å². The molecular weight excluding hydrogens is 504 g/mol. The Balaban J connectivity index is 1.47. The number of carbonyl (C=O) groups is 1. The van der Waals surface area contributed by atoms with Crippen LogP contribution in [0.15, 0.2) is 71.8 Å². The predicted octanol–water partition coefficient (Wildman–Crippen LogP) is 5.37. The Bertz CT molecular complexity index is 1450. The Morgan fingerprint density at radius 1 is 1.00 bits per heavy atom. The highest BCUT2D eigenvalue weighted by Crippen LogP contribution is 2.34. The minimum Gasteiger partial charge on any atom is -0.278 e. The molecule has 0 spiro atoms. The third-order valence-corrected chi connectivity index (χ3v) is 9.20. The van der Waals surface area contributed by atoms with Crippen LogP contribution in [0.4, 0.5) is 5.13 Å². The van der Waals surface area contributed by atoms with Crippen molar-refractivity contribution >= 4 is 54.2 Å². The van der Waals surface area contributed by atoms with E-state index in [1.807, 2.05) is 30.3 Å². The van der Waals surface area contributed by atoms with Crippen molar-refractivity contribution in [3.8, 4) is 0 Å². The van der Waals surface area contributed by atoms with Crippen molar-refractivity contribution < 1.29 is 13.2 Å². The van der Waals surface area contributed by atoms with Crippen molar-refractivity contribution in [1.29, 1.82) is 0 Å². The van der Waals surface area contributed by atoms with Crippen molar-refractivity contribution in [1.82, 2.24) is 14.3 Å². The first-order valence-electron chi connectivity index (χ1n) is 11.3. The molecule has 35 heavy (non-hydrogen) atoms. The number of amides is 1. The summed E-state index contributed by atoms with van der Waals surface area (Å²) in [7, 11) is -3.57. The quantitative estimate of drug-likeness (QED) is 0.337. The Kier molecular flexibility index (Phi) is 6.84. The summed E-state index contributed by atoms with van der Waals surface area (Å²) in [5.41, 5.74) is 1.70. The number of hydrogen-bond acceptors (Lipinski definition) is 6. The molecule has 0 bridgehead atoms. The number of thiazole rings is 1. The van der Waals surface area contributed by atoms with Crippen LogP contribution in [0.5, 0.6) is 0 Å². The van der Waals surface area contributed by atoms with Crippen LogP contribution in [0.2, 0.25) is 5.02 Å². The number of nitrogens with zero attached hydrogens (tertiary/aromatic N) is 4. The number of hydrogen-bond donors (Lipinski definition) is 0. The molecule has 0 aliphatic carbocycles. The molecule has 5 rings (SSSR count). The Morgan fingerprint density at radius 2 is 1.77 bits per heavy atom. The summed E-state index contributed by atoms with van der Waals surface area (Å²) in [6, 6.07) is 17.2. The largest absolute Gasteiger partial charge is 0.278 e. The Hall–Kier alpha value is -2.85. The lowest BCUT2D eigenvalue weighted by molar-refractivity contribution is 0.0984. The van der Waals surface area contributed by atoms with E-state index in [0.717, 1.165) is 24.0 Å². The van der Waals surface area contributed by atoms with Gasteiger partial charge in [-0.2, -0.15) is 4.31 Å². The van der Waals surface area contributed by atoms with Crippen LogP contribution in [-0.2, 0) is 16.6 Å². The molecule has 180 valence electrons. The van der Waals surface area contributed by atoms with Crippen LogP contribution in [-0.4, -0.2) is 41.7 Å². The smallest absolute Gasteiger partial charge is 0.260 e. The third kappa shape index (κ3) is 4.95. The minimum absolute atomic E-state index is 0.194. The zero-order chi connectivity index (χ0) is 24.4. The van der Waals surface area contributed by atoms with Gasteiger partial charge in [-0.25, -0.2) is 13.4 Å². The highest BCUT2D eigenvalue weighted by atomic mass is 35.5. The van der Waals surface area contributed by atoms with Crippen molar-refractivity contribution in [3.05, 3.63) is 83.1 Å². The summed E-state index contributed by atoms with van der Waals surface area (Å²) < 4.78 is 28.4. The van der Waals surface area contributed by atoms with Crippen LogP contribution >= 0.6 is 22.9 Å². The summed E-state index contributed by atoms with van der Waals surface area (Å²) in [5, 5.41) is 1.01. The summed E-state index contributed by atoms with van der Waals surface area (Å²) in [6.07, 6.45) is 4.45. The molecule has 0 unspecified atom stereocenters. The molecule has 3 heterocycles. The number of aromatic nitrogens is 2. The zero-order valence-electron chi connectivity index (χ0n) is 18.8. The van der Waals surface area contributed by atoms with E-state index in [1.54, 1.807) is 29.3 Å². The number of halogens is 1. The Morgan fingerprint density at radius 3 is 2.46 bits per heavy atom. The van der Waals surface area contributed by atoms with Crippen molar-refractivity contribution in [2.75, 3.05) is 18.0 Å². The molecule has 10 heteroatoms. The molecular formula is C25H23ClN4O3S2. The topological polar surface area (TPSA) is 83.5 Å². The molecule has 2 aromatic carbocycles. The second-order valence-electron chi connectivity index (χ2n) is 8.28. The maximum atomic E-state index is 13.6. The average Bonchev–Trinajstić information content (AvgIpc) is 3.34. The predicted molar refractivity (Wildman–Crippen MR) is 138 cm³/mol. The molecule has 0 atom stereocenters. The molecule has 1 amide bonds. The SMILES string of the molecule is O=C(c1ccc(S(=O)(=O)N2CCCCC2)cc1)N(Cc1ccccn1)c1nc2c(Cl)cccc2s1. The number of para-hydroxylation sites is 1. The van der Waals surface area contributed by atoms with Gasteiger partial charge in [0.05, 0.1) is 26.9 Å². The van der Waals surface area contributed by atoms with Crippen LogP contribution in [0.3, 0.4) is 0 Å². The number of rotatable bonds is 6. The molecule has 0 saturated carbocycles. The van der Waals surface area contributed by atoms with E-state index in [9.17, 15) is 13.2 Å². The molecule has 1 saturated heterocycles. The number of pyridine rings is 1. The molecule has 1 aliphatic rings. The van der Waals surface area contributed by atoms with Crippen LogP contribution in [0, 0.1) is 0 Å². The van der Waals surface area contributed by atoms with E-state index in [-0.39, 0.29) is 17.3 Å². The number of sulfonamides is 1. The first kappa shape index (κ1) is 23.9. The van der Waals surface area contributed by atoms with Gasteiger partial charge in [0.15, 0.2) is 5.13 Å². The fraction of sp³-hybridized carbons (Fsp3) is 0.240. The third-order valence-electron chi connectivity index (χ3n) is 5.93. The van der Waals surface area contributed by atoms with Crippen LogP contribution in [0.1, 0.15) is 35.3 Å². The van der Waals surface area contributed by atoms with Gasteiger partial charge in [0.1, 0.15) is 5.52 Å². The highest BCUT2D eigenvalue weighted by Gasteiger charge is 2.27. The Labute approximate surface area is 213 Å². The van der Waals surface area contributed by atoms with Crippen molar-refractivity contribution in [2.45, 2.75) is 30.7 Å². The molecule has 0 radical (unpaired) electrons. The maximum Gasteiger partial charge on any atom is 0.260 e. The lowest BCUT2D eigenvalue weighted by atomic mass is 10.2. The van der Waals surface area contributed by atoms with Crippen molar-refractivity contribution in [3.63, 3.8) is 0 Å². The molecule has 0 N–H and O–H groups in total. The normalized spacial score (nSPS) is 14.8. The summed E-state index contributed by atoms with van der Waals surface area (Å²) >= 11 is 7.69. The van der Waals surface area contributed by atoms with Gasteiger partial charge in [-0.05, 0) is 61.4 Å². The van der Waals surface area contributed by atoms with Gasteiger partial charge in [0.25, 0.3) is 5.91 Å². The van der Waals surface area contributed by atoms with Gasteiger partial charge in [-0.3, -0.25) is 14.7 Å². The number of fused-ring (bicyclic) bond motifs is 1. The standard InChI is InChI=1S/C25H23ClN4O3S2/c26-21-8-6-9-22-23(21)28-25(34-22)30(17-19-7-2-3-14-27-19)24(31)18-10-12-20(13-11-18)35(32,33)29-15-4-1-5-16-29/h2-3,6-14H,1,4-5,15-17H2. The molecule has 4 aromatic rings. The first-order chi connectivity index (χ1) is 16.9. The number of piperidine rings is 1. The van der Waals surface area contributed by atoms with E-state index < -0.39 is 10.0 Å². The summed E-state index contributed by atoms with van der Waals surface area (Å²) in [4.78, 5) is 24.4. The van der Waals surface area contributed by atoms with Crippen LogP contribution < -0.4 is 4.90 Å². The fourth-order valence-corrected chi connectivity index (χ4v) is 6.86. The van der Waals surface area contributed by atoms with E-state index in [1.165, 1.54) is 27.8 Å². The second-order valence-corrected chi connectivity index (χ2v) is 11.6. The highest BCUT2D eigenvalue weighted by molar-refractivity contribution is 7.89. The molecule has 2 aromatic heterocycles. The zero-order valence-corrected chi connectivity index (χ0v) is 21.2. The van der Waals surface area contributed by atoms with Gasteiger partial charge < -0.3 is 0 Å². The molecule has 7 nitrogen and oxygen atoms in total. The van der Waals surface area contributed by atoms with E-state index >= 15 is 0 Å². The molecule has 1 aliphatic heterocycles. The van der Waals surface area contributed by atoms with E-state index in [2.05, 4.69) is 9.97 Å². The van der Waals surface area contributed by atoms with Gasteiger partial charge >= 0.3 is 0 Å². The summed E-state index contributed by atoms with van der Waals surface area (Å²) in [6.45, 7) is 1.27. The number of carbonyl (C=O) groups excluding carboxylic acids is 1. The molecule has 1 fully saturated rings. The van der Waals surface area contributed by atoms with E-state index in [4.69, 9.17) is 11.6 Å². The van der Waals surface area contributed by atoms with E-state index in [0.29, 0.717) is 40.0 Å². The van der Waals surface area contributed by atoms with Gasteiger partial charge in [-0.15, -0.1) is 0 Å². The minimum atomic E-state index is -3.57. The van der Waals surface area contributed by atoms with Crippen molar-refractivity contribution in [2.24, 2.45) is 0 Å². The van der Waals surface area contributed by atoms with Gasteiger partial charge in [-0.1, -0.05) is 41.5 Å². The number of anilines is 1. The number of benzene rings is 2. The first-order valence-corrected chi connectivity index (χ1v) is 13.9. The van der Waals surface area contributed by atoms with Crippen LogP contribution in [0.25, 0.3) is 10.2 Å². The monoisotopic (exact) mass is 526 g/mol. The lowest BCUT2D eigenvalue weighted by Crippen LogP contribution is -2.35. The summed E-state index contributed by atoms with van der Waals surface area (Å²) in [5.74, 6) is -0.298. The second kappa shape index (κ2) is 10.0. The lowest BCUT2D eigenvalue weighted by Gasteiger charge is -2.26. The fourth-order valence-electron chi connectivity index (χ4n) is 4.08. The van der Waals surface area contributed by atoms with Gasteiger partial charge in [0, 0.05) is 24.8 Å². The maximum absolute atomic E-state index is 13.6.